The normalized spacial score (nSPS) is 10.6. The second kappa shape index (κ2) is 11.3. The number of nitrogens with one attached hydrogen (secondary N) is 4. The Hall–Kier alpha value is -3.36. The first-order valence-electron chi connectivity index (χ1n) is 10.5. The second-order valence-electron chi connectivity index (χ2n) is 7.22. The fourth-order valence-electron chi connectivity index (χ4n) is 3.10. The van der Waals surface area contributed by atoms with Gasteiger partial charge in [0.1, 0.15) is 12.0 Å². The van der Waals surface area contributed by atoms with E-state index >= 15 is 0 Å². The molecule has 0 bridgehead atoms. The number of hydrogen-bond donors (Lipinski definition) is 5. The Morgan fingerprint density at radius 1 is 1.03 bits per heavy atom. The lowest BCUT2D eigenvalue weighted by Gasteiger charge is -2.16. The fourth-order valence-corrected chi connectivity index (χ4v) is 3.23. The Labute approximate surface area is 193 Å². The first kappa shape index (κ1) is 23.3. The van der Waals surface area contributed by atoms with Crippen LogP contribution in [0.3, 0.4) is 0 Å². The molecule has 9 heteroatoms. The number of carbonyl (C=O) groups excluding carboxylic acids is 1. The molecule has 0 atom stereocenters. The molecule has 3 rings (SSSR count). The van der Waals surface area contributed by atoms with E-state index in [0.29, 0.717) is 12.2 Å². The molecule has 0 fully saturated rings. The van der Waals surface area contributed by atoms with E-state index in [2.05, 4.69) is 31.2 Å². The highest BCUT2D eigenvalue weighted by atomic mass is 35.5. The minimum atomic E-state index is 0.0184. The van der Waals surface area contributed by atoms with E-state index in [9.17, 15) is 4.79 Å². The quantitative estimate of drug-likeness (QED) is 0.227. The number of amides is 1. The number of nitrogen functional groups attached to an aromatic ring is 1. The predicted octanol–water partition coefficient (Wildman–Crippen LogP) is 4.49. The van der Waals surface area contributed by atoms with Crippen molar-refractivity contribution in [2.24, 2.45) is 0 Å². The largest absolute Gasteiger partial charge is 0.393 e. The van der Waals surface area contributed by atoms with Gasteiger partial charge in [-0.15, -0.1) is 0 Å². The minimum Gasteiger partial charge on any atom is -0.393 e. The molecule has 1 aromatic heterocycles. The smallest absolute Gasteiger partial charge is 0.224 e. The Kier molecular flexibility index (Phi) is 8.24. The Morgan fingerprint density at radius 2 is 1.78 bits per heavy atom. The third-order valence-corrected chi connectivity index (χ3v) is 5.08. The third kappa shape index (κ3) is 6.09. The number of nitrogens with zero attached hydrogens (tertiary/aromatic N) is 2. The lowest BCUT2D eigenvalue weighted by molar-refractivity contribution is -0.116. The SMILES string of the molecule is CCCC(=O)Nc1ccc(-c2ccc(NCCNC)c(Nc3ncnc(Cl)c3N)c2)cc1. The highest BCUT2D eigenvalue weighted by Gasteiger charge is 2.11. The van der Waals surface area contributed by atoms with Gasteiger partial charge in [-0.05, 0) is 48.9 Å². The van der Waals surface area contributed by atoms with Gasteiger partial charge in [0.2, 0.25) is 5.91 Å². The number of halogens is 1. The number of rotatable bonds is 10. The summed E-state index contributed by atoms with van der Waals surface area (Å²) < 4.78 is 0. The summed E-state index contributed by atoms with van der Waals surface area (Å²) in [6.45, 7) is 3.54. The van der Waals surface area contributed by atoms with Gasteiger partial charge in [-0.25, -0.2) is 9.97 Å². The van der Waals surface area contributed by atoms with Crippen LogP contribution in [0.15, 0.2) is 48.8 Å². The number of nitrogens with two attached hydrogens (primary N) is 1. The fraction of sp³-hybridized carbons (Fsp3) is 0.261. The summed E-state index contributed by atoms with van der Waals surface area (Å²) in [5.41, 5.74) is 10.8. The summed E-state index contributed by atoms with van der Waals surface area (Å²) in [5, 5.41) is 12.9. The zero-order valence-electron chi connectivity index (χ0n) is 18.2. The maximum absolute atomic E-state index is 11.8. The summed E-state index contributed by atoms with van der Waals surface area (Å²) in [6, 6.07) is 13.8. The highest BCUT2D eigenvalue weighted by Crippen LogP contribution is 2.33. The van der Waals surface area contributed by atoms with E-state index in [1.807, 2.05) is 56.4 Å². The van der Waals surface area contributed by atoms with Gasteiger partial charge >= 0.3 is 0 Å². The molecule has 8 nitrogen and oxygen atoms in total. The summed E-state index contributed by atoms with van der Waals surface area (Å²) in [4.78, 5) is 19.9. The Bertz CT molecular complexity index is 1060. The molecule has 32 heavy (non-hydrogen) atoms. The molecule has 0 radical (unpaired) electrons. The topological polar surface area (TPSA) is 117 Å². The molecule has 0 spiro atoms. The van der Waals surface area contributed by atoms with E-state index < -0.39 is 0 Å². The van der Waals surface area contributed by atoms with Gasteiger partial charge in [0.05, 0.1) is 11.4 Å². The van der Waals surface area contributed by atoms with Crippen molar-refractivity contribution in [3.63, 3.8) is 0 Å². The lowest BCUT2D eigenvalue weighted by Crippen LogP contribution is -2.18. The summed E-state index contributed by atoms with van der Waals surface area (Å²) in [7, 11) is 1.90. The number of likely N-dealkylation sites (N-methyl/N-ethyl adjacent to an activating group) is 1. The number of benzene rings is 2. The van der Waals surface area contributed by atoms with Crippen molar-refractivity contribution >= 4 is 46.1 Å². The van der Waals surface area contributed by atoms with Crippen LogP contribution in [0.25, 0.3) is 11.1 Å². The van der Waals surface area contributed by atoms with Crippen molar-refractivity contribution in [2.75, 3.05) is 41.8 Å². The van der Waals surface area contributed by atoms with Crippen LogP contribution in [0.1, 0.15) is 19.8 Å². The zero-order chi connectivity index (χ0) is 22.9. The van der Waals surface area contributed by atoms with Crippen LogP contribution in [0.2, 0.25) is 5.15 Å². The molecule has 1 heterocycles. The van der Waals surface area contributed by atoms with Crippen LogP contribution in [0.4, 0.5) is 28.6 Å². The van der Waals surface area contributed by atoms with E-state index in [0.717, 1.165) is 47.7 Å². The second-order valence-corrected chi connectivity index (χ2v) is 7.58. The van der Waals surface area contributed by atoms with Gasteiger partial charge in [0, 0.05) is 25.2 Å². The van der Waals surface area contributed by atoms with Crippen LogP contribution in [0.5, 0.6) is 0 Å². The van der Waals surface area contributed by atoms with E-state index in [1.165, 1.54) is 6.33 Å². The van der Waals surface area contributed by atoms with Crippen molar-refractivity contribution in [1.82, 2.24) is 15.3 Å². The molecule has 0 saturated carbocycles. The Morgan fingerprint density at radius 3 is 2.50 bits per heavy atom. The molecule has 0 unspecified atom stereocenters. The monoisotopic (exact) mass is 453 g/mol. The average Bonchev–Trinajstić information content (AvgIpc) is 2.78. The van der Waals surface area contributed by atoms with Gasteiger partial charge in [-0.2, -0.15) is 0 Å². The molecule has 1 amide bonds. The van der Waals surface area contributed by atoms with Gasteiger partial charge < -0.3 is 27.0 Å². The van der Waals surface area contributed by atoms with Gasteiger partial charge in [0.15, 0.2) is 11.0 Å². The van der Waals surface area contributed by atoms with Crippen LogP contribution in [-0.4, -0.2) is 36.0 Å². The van der Waals surface area contributed by atoms with Crippen molar-refractivity contribution in [1.29, 1.82) is 0 Å². The molecule has 0 aliphatic heterocycles. The summed E-state index contributed by atoms with van der Waals surface area (Å²) >= 11 is 6.05. The van der Waals surface area contributed by atoms with Gasteiger partial charge in [-0.1, -0.05) is 36.7 Å². The molecule has 3 aromatic rings. The maximum Gasteiger partial charge on any atom is 0.224 e. The van der Waals surface area contributed by atoms with E-state index in [4.69, 9.17) is 17.3 Å². The molecular formula is C23H28ClN7O. The maximum atomic E-state index is 11.8. The Balaban J connectivity index is 1.87. The van der Waals surface area contributed by atoms with Crippen LogP contribution in [0, 0.1) is 0 Å². The molecule has 168 valence electrons. The summed E-state index contributed by atoms with van der Waals surface area (Å²) in [6.07, 6.45) is 2.69. The van der Waals surface area contributed by atoms with Crippen molar-refractivity contribution in [3.05, 3.63) is 53.9 Å². The molecule has 2 aromatic carbocycles. The van der Waals surface area contributed by atoms with Gasteiger partial charge in [-0.3, -0.25) is 4.79 Å². The number of hydrogen-bond acceptors (Lipinski definition) is 7. The predicted molar refractivity (Wildman–Crippen MR) is 133 cm³/mol. The first-order chi connectivity index (χ1) is 15.5. The lowest BCUT2D eigenvalue weighted by atomic mass is 10.0. The third-order valence-electron chi connectivity index (χ3n) is 4.78. The molecule has 6 N–H and O–H groups in total. The van der Waals surface area contributed by atoms with E-state index in [-0.39, 0.29) is 16.7 Å². The van der Waals surface area contributed by atoms with Crippen molar-refractivity contribution < 1.29 is 4.79 Å². The first-order valence-corrected chi connectivity index (χ1v) is 10.9. The molecule has 0 aliphatic carbocycles. The van der Waals surface area contributed by atoms with E-state index in [1.54, 1.807) is 0 Å². The summed E-state index contributed by atoms with van der Waals surface area (Å²) in [5.74, 6) is 0.456. The molecule has 0 saturated heterocycles. The molecular weight excluding hydrogens is 426 g/mol. The van der Waals surface area contributed by atoms with Crippen LogP contribution >= 0.6 is 11.6 Å². The average molecular weight is 454 g/mol. The standard InChI is InChI=1S/C23H28ClN7O/c1-3-4-20(32)30-17-8-5-15(6-9-17)16-7-10-18(27-12-11-26-2)19(13-16)31-23-21(25)22(24)28-14-29-23/h5-10,13-14,26-27H,3-4,11-12,25H2,1-2H3,(H,30,32)(H,28,29,31). The number of aromatic nitrogens is 2. The van der Waals surface area contributed by atoms with Crippen molar-refractivity contribution in [2.45, 2.75) is 19.8 Å². The van der Waals surface area contributed by atoms with Gasteiger partial charge in [0.25, 0.3) is 0 Å². The van der Waals surface area contributed by atoms with Crippen molar-refractivity contribution in [3.8, 4) is 11.1 Å². The van der Waals surface area contributed by atoms with Crippen LogP contribution in [-0.2, 0) is 4.79 Å². The zero-order valence-corrected chi connectivity index (χ0v) is 19.0. The molecule has 0 aliphatic rings. The van der Waals surface area contributed by atoms with Crippen LogP contribution < -0.4 is 27.0 Å². The minimum absolute atomic E-state index is 0.0184. The number of carbonyl (C=O) groups is 1. The number of anilines is 5. The highest BCUT2D eigenvalue weighted by molar-refractivity contribution is 6.32.